The maximum atomic E-state index is 9.67. The third kappa shape index (κ3) is 3.18. The van der Waals surface area contributed by atoms with Crippen molar-refractivity contribution < 1.29 is 10.2 Å². The maximum Gasteiger partial charge on any atom is 0.162 e. The summed E-state index contributed by atoms with van der Waals surface area (Å²) in [5.41, 5.74) is 1.14. The fourth-order valence-corrected chi connectivity index (χ4v) is 2.18. The summed E-state index contributed by atoms with van der Waals surface area (Å²) in [5.74, 6) is -0.328. The van der Waals surface area contributed by atoms with Crippen LogP contribution in [-0.4, -0.2) is 10.2 Å². The lowest BCUT2D eigenvalue weighted by Crippen LogP contribution is -2.00. The Labute approximate surface area is 125 Å². The number of para-hydroxylation sites is 1. The second-order valence-electron chi connectivity index (χ2n) is 3.88. The monoisotopic (exact) mass is 317 g/mol. The van der Waals surface area contributed by atoms with E-state index < -0.39 is 0 Å². The van der Waals surface area contributed by atoms with Crippen molar-refractivity contribution in [1.29, 1.82) is 0 Å². The second kappa shape index (κ2) is 5.78. The Balaban J connectivity index is 2.19. The minimum Gasteiger partial charge on any atom is -0.504 e. The van der Waals surface area contributed by atoms with Gasteiger partial charge in [-0.3, -0.25) is 0 Å². The molecular weight excluding hydrogens is 309 g/mol. The van der Waals surface area contributed by atoms with Gasteiger partial charge in [-0.15, -0.1) is 0 Å². The van der Waals surface area contributed by atoms with Gasteiger partial charge in [0.05, 0.1) is 20.8 Å². The highest BCUT2D eigenvalue weighted by molar-refractivity contribution is 6.44. The van der Waals surface area contributed by atoms with E-state index in [-0.39, 0.29) is 18.0 Å². The van der Waals surface area contributed by atoms with Gasteiger partial charge in [0.1, 0.15) is 0 Å². The van der Waals surface area contributed by atoms with Gasteiger partial charge in [0.25, 0.3) is 0 Å². The zero-order chi connectivity index (χ0) is 14.0. The van der Waals surface area contributed by atoms with E-state index >= 15 is 0 Å². The van der Waals surface area contributed by atoms with Gasteiger partial charge >= 0.3 is 0 Å². The molecule has 0 spiro atoms. The van der Waals surface area contributed by atoms with Crippen LogP contribution in [0, 0.1) is 0 Å². The number of benzene rings is 2. The van der Waals surface area contributed by atoms with Gasteiger partial charge in [-0.1, -0.05) is 46.9 Å². The van der Waals surface area contributed by atoms with Crippen LogP contribution in [-0.2, 0) is 6.54 Å². The lowest BCUT2D eigenvalue weighted by atomic mass is 10.2. The van der Waals surface area contributed by atoms with E-state index in [4.69, 9.17) is 34.8 Å². The molecule has 100 valence electrons. The molecule has 2 aromatic carbocycles. The van der Waals surface area contributed by atoms with E-state index in [0.717, 1.165) is 0 Å². The predicted octanol–water partition coefficient (Wildman–Crippen LogP) is 4.67. The summed E-state index contributed by atoms with van der Waals surface area (Å²) in [7, 11) is 0. The van der Waals surface area contributed by atoms with Gasteiger partial charge < -0.3 is 15.5 Å². The Morgan fingerprint density at radius 1 is 0.947 bits per heavy atom. The van der Waals surface area contributed by atoms with Crippen LogP contribution in [0.15, 0.2) is 30.3 Å². The van der Waals surface area contributed by atoms with Crippen LogP contribution in [0.4, 0.5) is 5.69 Å². The summed E-state index contributed by atoms with van der Waals surface area (Å²) >= 11 is 17.8. The number of anilines is 1. The summed E-state index contributed by atoms with van der Waals surface area (Å²) in [6.07, 6.45) is 0. The molecule has 3 N–H and O–H groups in total. The largest absolute Gasteiger partial charge is 0.504 e. The first-order valence-electron chi connectivity index (χ1n) is 5.37. The van der Waals surface area contributed by atoms with Gasteiger partial charge in [-0.2, -0.15) is 0 Å². The van der Waals surface area contributed by atoms with Gasteiger partial charge in [0.2, 0.25) is 0 Å². The van der Waals surface area contributed by atoms with Crippen molar-refractivity contribution in [3.63, 3.8) is 0 Å². The lowest BCUT2D eigenvalue weighted by Gasteiger charge is -2.11. The number of phenols is 2. The van der Waals surface area contributed by atoms with Crippen LogP contribution >= 0.6 is 34.8 Å². The van der Waals surface area contributed by atoms with E-state index in [1.807, 2.05) is 0 Å². The number of phenolic OH excluding ortho intramolecular Hbond substituents is 2. The number of halogens is 3. The van der Waals surface area contributed by atoms with Gasteiger partial charge in [-0.25, -0.2) is 0 Å². The molecule has 0 fully saturated rings. The van der Waals surface area contributed by atoms with Crippen molar-refractivity contribution in [2.45, 2.75) is 6.54 Å². The molecule has 0 radical (unpaired) electrons. The SMILES string of the molecule is Oc1cccc(CNc2cc(Cl)c(Cl)cc2Cl)c1O. The van der Waals surface area contributed by atoms with E-state index in [1.165, 1.54) is 12.1 Å². The minimum absolute atomic E-state index is 0.161. The van der Waals surface area contributed by atoms with Crippen LogP contribution in [0.5, 0.6) is 11.5 Å². The summed E-state index contributed by atoms with van der Waals surface area (Å²) in [6.45, 7) is 0.290. The zero-order valence-corrected chi connectivity index (χ0v) is 11.9. The first-order valence-corrected chi connectivity index (χ1v) is 6.50. The highest BCUT2D eigenvalue weighted by atomic mass is 35.5. The molecular formula is C13H10Cl3NO2. The molecule has 0 aliphatic carbocycles. The third-order valence-corrected chi connectivity index (χ3v) is 3.61. The average Bonchev–Trinajstić information content (AvgIpc) is 2.37. The second-order valence-corrected chi connectivity index (χ2v) is 5.11. The number of hydrogen-bond donors (Lipinski definition) is 3. The van der Waals surface area contributed by atoms with E-state index in [0.29, 0.717) is 26.3 Å². The first kappa shape index (κ1) is 14.1. The maximum absolute atomic E-state index is 9.67. The molecule has 0 aliphatic heterocycles. The van der Waals surface area contributed by atoms with Crippen molar-refractivity contribution in [2.75, 3.05) is 5.32 Å². The third-order valence-electron chi connectivity index (χ3n) is 2.58. The molecule has 0 bridgehead atoms. The van der Waals surface area contributed by atoms with E-state index in [9.17, 15) is 10.2 Å². The van der Waals surface area contributed by atoms with Crippen LogP contribution in [0.25, 0.3) is 0 Å². The molecule has 0 saturated heterocycles. The zero-order valence-electron chi connectivity index (χ0n) is 9.62. The van der Waals surface area contributed by atoms with Gasteiger partial charge in [0, 0.05) is 12.1 Å². The Bertz CT molecular complexity index is 617. The summed E-state index contributed by atoms with van der Waals surface area (Å²) in [5, 5.41) is 23.3. The van der Waals surface area contributed by atoms with Crippen LogP contribution < -0.4 is 5.32 Å². The van der Waals surface area contributed by atoms with Crippen molar-refractivity contribution in [3.05, 3.63) is 51.0 Å². The molecule has 0 unspecified atom stereocenters. The van der Waals surface area contributed by atoms with Crippen LogP contribution in [0.2, 0.25) is 15.1 Å². The molecule has 6 heteroatoms. The quantitative estimate of drug-likeness (QED) is 0.569. The molecule has 2 aromatic rings. The predicted molar refractivity (Wildman–Crippen MR) is 78.6 cm³/mol. The Hall–Kier alpha value is -1.29. The molecule has 3 nitrogen and oxygen atoms in total. The molecule has 0 heterocycles. The molecule has 0 atom stereocenters. The smallest absolute Gasteiger partial charge is 0.162 e. The fraction of sp³-hybridized carbons (Fsp3) is 0.0769. The number of hydrogen-bond acceptors (Lipinski definition) is 3. The number of aromatic hydroxyl groups is 2. The van der Waals surface area contributed by atoms with Crippen molar-refractivity contribution in [2.24, 2.45) is 0 Å². The molecule has 0 aliphatic rings. The molecule has 0 aromatic heterocycles. The molecule has 19 heavy (non-hydrogen) atoms. The topological polar surface area (TPSA) is 52.5 Å². The summed E-state index contributed by atoms with van der Waals surface area (Å²) < 4.78 is 0. The molecule has 0 saturated carbocycles. The normalized spacial score (nSPS) is 10.5. The lowest BCUT2D eigenvalue weighted by molar-refractivity contribution is 0.400. The van der Waals surface area contributed by atoms with Crippen molar-refractivity contribution in [1.82, 2.24) is 0 Å². The highest BCUT2D eigenvalue weighted by Gasteiger charge is 2.08. The standard InChI is InChI=1S/C13H10Cl3NO2/c14-8-4-10(16)11(5-9(8)15)17-6-7-2-1-3-12(18)13(7)19/h1-5,17-19H,6H2. The summed E-state index contributed by atoms with van der Waals surface area (Å²) in [6, 6.07) is 7.88. The molecule has 2 rings (SSSR count). The Morgan fingerprint density at radius 2 is 1.63 bits per heavy atom. The van der Waals surface area contributed by atoms with Gasteiger partial charge in [0.15, 0.2) is 11.5 Å². The Kier molecular flexibility index (Phi) is 4.30. The fourth-order valence-electron chi connectivity index (χ4n) is 1.57. The number of rotatable bonds is 3. The van der Waals surface area contributed by atoms with E-state index in [1.54, 1.807) is 18.2 Å². The average molecular weight is 319 g/mol. The first-order chi connectivity index (χ1) is 8.99. The minimum atomic E-state index is -0.167. The summed E-state index contributed by atoms with van der Waals surface area (Å²) in [4.78, 5) is 0. The van der Waals surface area contributed by atoms with Crippen molar-refractivity contribution in [3.8, 4) is 11.5 Å². The van der Waals surface area contributed by atoms with Crippen molar-refractivity contribution >= 4 is 40.5 Å². The highest BCUT2D eigenvalue weighted by Crippen LogP contribution is 2.33. The van der Waals surface area contributed by atoms with Gasteiger partial charge in [-0.05, 0) is 18.2 Å². The van der Waals surface area contributed by atoms with Crippen LogP contribution in [0.3, 0.4) is 0 Å². The number of nitrogens with one attached hydrogen (secondary N) is 1. The van der Waals surface area contributed by atoms with Crippen LogP contribution in [0.1, 0.15) is 5.56 Å². The Morgan fingerprint density at radius 3 is 2.37 bits per heavy atom. The van der Waals surface area contributed by atoms with E-state index in [2.05, 4.69) is 5.32 Å². The molecule has 0 amide bonds.